The molecule has 0 atom stereocenters. The maximum Gasteiger partial charge on any atom is 0.422 e. The number of halogens is 4. The first kappa shape index (κ1) is 12.2. The van der Waals surface area contributed by atoms with Gasteiger partial charge in [0.2, 0.25) is 12.0 Å². The van der Waals surface area contributed by atoms with Crippen LogP contribution in [0.4, 0.5) is 17.6 Å². The average Bonchev–Trinajstić information content (AvgIpc) is 2.14. The molecule has 1 heterocycles. The predicted octanol–water partition coefficient (Wildman–Crippen LogP) is 1.16. The number of ether oxygens (including phenoxy) is 1. The van der Waals surface area contributed by atoms with Gasteiger partial charge >= 0.3 is 17.8 Å². The molecule has 0 radical (unpaired) electrons. The van der Waals surface area contributed by atoms with E-state index in [2.05, 4.69) is 4.74 Å². The van der Waals surface area contributed by atoms with Gasteiger partial charge in [0.1, 0.15) is 5.56 Å². The van der Waals surface area contributed by atoms with Crippen LogP contribution in [0.15, 0.2) is 12.3 Å². The van der Waals surface area contributed by atoms with Gasteiger partial charge < -0.3 is 4.74 Å². The third-order valence-corrected chi connectivity index (χ3v) is 1.70. The zero-order chi connectivity index (χ0) is 12.5. The number of nitrogens with zero attached hydrogens (tertiary/aromatic N) is 1. The lowest BCUT2D eigenvalue weighted by Crippen LogP contribution is -2.40. The van der Waals surface area contributed by atoms with E-state index in [4.69, 9.17) is 5.21 Å². The molecule has 0 aliphatic rings. The van der Waals surface area contributed by atoms with Crippen LogP contribution in [0, 0.1) is 5.82 Å². The Labute approximate surface area is 86.6 Å². The zero-order valence-electron chi connectivity index (χ0n) is 7.88. The molecule has 0 saturated heterocycles. The number of pyridine rings is 1. The molecule has 88 valence electrons. The highest BCUT2D eigenvalue weighted by molar-refractivity contribution is 5.85. The molecule has 1 N–H and O–H groups in total. The van der Waals surface area contributed by atoms with Crippen LogP contribution in [0.3, 0.4) is 0 Å². The second kappa shape index (κ2) is 3.95. The van der Waals surface area contributed by atoms with Gasteiger partial charge in [0, 0.05) is 4.73 Å². The van der Waals surface area contributed by atoms with Gasteiger partial charge in [-0.05, 0) is 6.07 Å². The van der Waals surface area contributed by atoms with E-state index in [1.807, 2.05) is 0 Å². The van der Waals surface area contributed by atoms with Crippen LogP contribution < -0.4 is 4.73 Å². The van der Waals surface area contributed by atoms with E-state index in [0.29, 0.717) is 0 Å². The normalized spacial score (nSPS) is 11.3. The van der Waals surface area contributed by atoms with E-state index < -0.39 is 29.2 Å². The molecule has 0 bridgehead atoms. The van der Waals surface area contributed by atoms with Crippen LogP contribution in [-0.2, 0) is 10.9 Å². The number of esters is 1. The lowest BCUT2D eigenvalue weighted by atomic mass is 10.2. The van der Waals surface area contributed by atoms with Crippen molar-refractivity contribution in [3.05, 3.63) is 29.3 Å². The summed E-state index contributed by atoms with van der Waals surface area (Å²) < 4.78 is 53.4. The van der Waals surface area contributed by atoms with Gasteiger partial charge in [0.05, 0.1) is 7.11 Å². The molecule has 1 aromatic heterocycles. The Morgan fingerprint density at radius 3 is 2.44 bits per heavy atom. The first-order valence-corrected chi connectivity index (χ1v) is 3.87. The van der Waals surface area contributed by atoms with Crippen molar-refractivity contribution >= 4 is 5.97 Å². The van der Waals surface area contributed by atoms with Gasteiger partial charge in [0.25, 0.3) is 0 Å². The van der Waals surface area contributed by atoms with Gasteiger partial charge in [-0.2, -0.15) is 17.6 Å². The third kappa shape index (κ3) is 2.20. The number of alkyl halides is 3. The molecule has 1 rings (SSSR count). The standard InChI is InChI=1S/C8H6F4NO3/c1-16-7(14)6-5(9)2-4(3-13(6)15)8(10,11)12/h2-3,15H,1H3/q+1. The largest absolute Gasteiger partial charge is 0.461 e. The van der Waals surface area contributed by atoms with Crippen LogP contribution >= 0.6 is 0 Å². The van der Waals surface area contributed by atoms with Crippen LogP contribution in [-0.4, -0.2) is 18.3 Å². The Kier molecular flexibility index (Phi) is 3.02. The summed E-state index contributed by atoms with van der Waals surface area (Å²) in [6.45, 7) is 0. The topological polar surface area (TPSA) is 50.4 Å². The van der Waals surface area contributed by atoms with Crippen molar-refractivity contribution in [1.82, 2.24) is 0 Å². The number of rotatable bonds is 1. The van der Waals surface area contributed by atoms with Crippen molar-refractivity contribution in [2.24, 2.45) is 0 Å². The van der Waals surface area contributed by atoms with E-state index >= 15 is 0 Å². The van der Waals surface area contributed by atoms with Crippen molar-refractivity contribution in [2.45, 2.75) is 6.18 Å². The molecule has 0 fully saturated rings. The summed E-state index contributed by atoms with van der Waals surface area (Å²) in [5, 5.41) is 9.01. The second-order valence-electron chi connectivity index (χ2n) is 2.76. The van der Waals surface area contributed by atoms with Crippen LogP contribution in [0.2, 0.25) is 0 Å². The fourth-order valence-corrected chi connectivity index (χ4v) is 0.991. The highest BCUT2D eigenvalue weighted by Gasteiger charge is 2.38. The molecule has 1 aromatic rings. The molecule has 4 nitrogen and oxygen atoms in total. The SMILES string of the molecule is COC(=O)c1c(F)cc(C(F)(F)F)c[n+]1O. The van der Waals surface area contributed by atoms with E-state index in [1.54, 1.807) is 0 Å². The summed E-state index contributed by atoms with van der Waals surface area (Å²) >= 11 is 0. The summed E-state index contributed by atoms with van der Waals surface area (Å²) in [4.78, 5) is 10.9. The molecular formula is C8H6F4NO3+. The highest BCUT2D eigenvalue weighted by Crippen LogP contribution is 2.28. The lowest BCUT2D eigenvalue weighted by molar-refractivity contribution is -0.907. The number of carbonyl (C=O) groups is 1. The summed E-state index contributed by atoms with van der Waals surface area (Å²) in [6, 6.07) is 0.0962. The number of carbonyl (C=O) groups excluding carboxylic acids is 1. The van der Waals surface area contributed by atoms with Crippen molar-refractivity contribution < 1.29 is 37.0 Å². The lowest BCUT2D eigenvalue weighted by Gasteiger charge is -2.04. The monoisotopic (exact) mass is 240 g/mol. The van der Waals surface area contributed by atoms with Gasteiger partial charge in [-0.25, -0.2) is 4.79 Å². The van der Waals surface area contributed by atoms with Gasteiger partial charge in [-0.1, -0.05) is 0 Å². The van der Waals surface area contributed by atoms with E-state index in [9.17, 15) is 22.4 Å². The summed E-state index contributed by atoms with van der Waals surface area (Å²) in [5.41, 5.74) is -2.42. The first-order valence-electron chi connectivity index (χ1n) is 3.87. The highest BCUT2D eigenvalue weighted by atomic mass is 19.4. The van der Waals surface area contributed by atoms with Crippen molar-refractivity contribution in [3.8, 4) is 0 Å². The Balaban J connectivity index is 3.34. The minimum atomic E-state index is -4.82. The molecule has 0 spiro atoms. The molecule has 16 heavy (non-hydrogen) atoms. The summed E-state index contributed by atoms with van der Waals surface area (Å²) in [5.74, 6) is -2.81. The molecule has 0 saturated carbocycles. The molecule has 0 aliphatic carbocycles. The molecule has 0 aromatic carbocycles. The molecule has 8 heteroatoms. The molecule has 0 unspecified atom stereocenters. The Hall–Kier alpha value is -1.86. The van der Waals surface area contributed by atoms with Gasteiger partial charge in [0.15, 0.2) is 0 Å². The third-order valence-electron chi connectivity index (χ3n) is 1.70. The fourth-order valence-electron chi connectivity index (χ4n) is 0.991. The van der Waals surface area contributed by atoms with Gasteiger partial charge in [-0.3, -0.25) is 5.21 Å². The Morgan fingerprint density at radius 1 is 1.50 bits per heavy atom. The predicted molar refractivity (Wildman–Crippen MR) is 40.1 cm³/mol. The maximum atomic E-state index is 13.1. The minimum absolute atomic E-state index is 0.0962. The van der Waals surface area contributed by atoms with E-state index in [0.717, 1.165) is 7.11 Å². The number of aromatic nitrogens is 1. The van der Waals surface area contributed by atoms with E-state index in [1.165, 1.54) is 0 Å². The molecule has 0 aliphatic heterocycles. The van der Waals surface area contributed by atoms with Crippen molar-refractivity contribution in [1.29, 1.82) is 0 Å². The zero-order valence-corrected chi connectivity index (χ0v) is 7.88. The van der Waals surface area contributed by atoms with Crippen LogP contribution in [0.5, 0.6) is 0 Å². The van der Waals surface area contributed by atoms with Crippen molar-refractivity contribution in [3.63, 3.8) is 0 Å². The van der Waals surface area contributed by atoms with Crippen molar-refractivity contribution in [2.75, 3.05) is 7.11 Å². The summed E-state index contributed by atoms with van der Waals surface area (Å²) in [7, 11) is 0.902. The average molecular weight is 240 g/mol. The number of hydrogen-bond donors (Lipinski definition) is 1. The first-order chi connectivity index (χ1) is 7.27. The number of methoxy groups -OCH3 is 1. The quantitative estimate of drug-likeness (QED) is 0.347. The van der Waals surface area contributed by atoms with Crippen LogP contribution in [0.1, 0.15) is 16.1 Å². The fraction of sp³-hybridized carbons (Fsp3) is 0.250. The maximum absolute atomic E-state index is 13.1. The second-order valence-corrected chi connectivity index (χ2v) is 2.76. The van der Waals surface area contributed by atoms with E-state index in [-0.39, 0.29) is 17.0 Å². The van der Waals surface area contributed by atoms with Gasteiger partial charge in [-0.15, -0.1) is 0 Å². The number of hydrogen-bond acceptors (Lipinski definition) is 3. The molecule has 0 amide bonds. The summed E-state index contributed by atoms with van der Waals surface area (Å²) in [6.07, 6.45) is -4.64. The minimum Gasteiger partial charge on any atom is -0.461 e. The molecular weight excluding hydrogens is 234 g/mol. The smallest absolute Gasteiger partial charge is 0.422 e. The van der Waals surface area contributed by atoms with Crippen LogP contribution in [0.25, 0.3) is 0 Å². The Bertz CT molecular complexity index is 407. The Morgan fingerprint density at radius 2 is 2.06 bits per heavy atom.